The number of carbonyl (C=O) groups excluding carboxylic acids is 1. The van der Waals surface area contributed by atoms with Gasteiger partial charge in [-0.25, -0.2) is 0 Å². The molecule has 20 heavy (non-hydrogen) atoms. The summed E-state index contributed by atoms with van der Waals surface area (Å²) in [7, 11) is 0. The number of carbonyl (C=O) groups is 1. The lowest BCUT2D eigenvalue weighted by atomic mass is 10.0. The van der Waals surface area contributed by atoms with Gasteiger partial charge in [-0.2, -0.15) is 0 Å². The fourth-order valence-corrected chi connectivity index (χ4v) is 3.31. The first-order valence-corrected chi connectivity index (χ1v) is 7.21. The first-order chi connectivity index (χ1) is 9.70. The summed E-state index contributed by atoms with van der Waals surface area (Å²) in [5, 5.41) is 1.02. The summed E-state index contributed by atoms with van der Waals surface area (Å²) in [6, 6.07) is 7.88. The van der Waals surface area contributed by atoms with Gasteiger partial charge in [-0.1, -0.05) is 11.6 Å². The Kier molecular flexibility index (Phi) is 2.69. The molecule has 0 N–H and O–H groups in total. The van der Waals surface area contributed by atoms with Crippen LogP contribution in [-0.2, 0) is 0 Å². The molecule has 5 rings (SSSR count). The third kappa shape index (κ3) is 1.87. The van der Waals surface area contributed by atoms with Gasteiger partial charge in [0, 0.05) is 38.1 Å². The van der Waals surface area contributed by atoms with Gasteiger partial charge in [0.2, 0.25) is 5.78 Å². The minimum Gasteiger partial charge on any atom is -0.453 e. The zero-order valence-corrected chi connectivity index (χ0v) is 11.6. The zero-order valence-electron chi connectivity index (χ0n) is 11.6. The van der Waals surface area contributed by atoms with Crippen LogP contribution in [0.1, 0.15) is 16.1 Å². The molecule has 1 unspecified atom stereocenters. The van der Waals surface area contributed by atoms with Crippen molar-refractivity contribution in [3.05, 3.63) is 35.6 Å². The molecule has 3 aliphatic rings. The monoisotopic (exact) mass is 270 g/mol. The molecule has 104 valence electrons. The van der Waals surface area contributed by atoms with Crippen LogP contribution in [0.2, 0.25) is 0 Å². The van der Waals surface area contributed by atoms with E-state index in [0.29, 0.717) is 5.76 Å². The van der Waals surface area contributed by atoms with E-state index in [1.807, 2.05) is 25.1 Å². The number of nitrogens with zero attached hydrogens (tertiary/aromatic N) is 2. The zero-order chi connectivity index (χ0) is 13.7. The molecular weight excluding hydrogens is 252 g/mol. The molecule has 3 fully saturated rings. The third-order valence-electron chi connectivity index (χ3n) is 4.50. The second-order valence-electron chi connectivity index (χ2n) is 5.87. The quantitative estimate of drug-likeness (QED) is 0.781. The van der Waals surface area contributed by atoms with Crippen LogP contribution in [0.3, 0.4) is 0 Å². The number of fused-ring (bicyclic) bond motifs is 4. The Morgan fingerprint density at radius 2 is 2.00 bits per heavy atom. The van der Waals surface area contributed by atoms with Gasteiger partial charge in [0.1, 0.15) is 5.58 Å². The van der Waals surface area contributed by atoms with Crippen LogP contribution in [0.4, 0.5) is 0 Å². The van der Waals surface area contributed by atoms with E-state index in [9.17, 15) is 4.79 Å². The van der Waals surface area contributed by atoms with Gasteiger partial charge in [-0.15, -0.1) is 0 Å². The maximum absolute atomic E-state index is 12.7. The van der Waals surface area contributed by atoms with Crippen LogP contribution < -0.4 is 0 Å². The molecule has 0 saturated carbocycles. The fraction of sp³-hybridized carbons (Fsp3) is 0.438. The van der Waals surface area contributed by atoms with Crippen molar-refractivity contribution in [1.82, 2.24) is 9.80 Å². The minimum absolute atomic E-state index is 0.0286. The van der Waals surface area contributed by atoms with Crippen molar-refractivity contribution in [2.24, 2.45) is 0 Å². The number of benzene rings is 1. The van der Waals surface area contributed by atoms with Crippen molar-refractivity contribution < 1.29 is 9.21 Å². The van der Waals surface area contributed by atoms with E-state index in [1.54, 1.807) is 0 Å². The number of piperazine rings is 3. The number of aryl methyl sites for hydroxylation is 1. The molecule has 4 heterocycles. The molecule has 0 radical (unpaired) electrons. The summed E-state index contributed by atoms with van der Waals surface area (Å²) in [5.41, 5.74) is 1.99. The maximum Gasteiger partial charge on any atom is 0.216 e. The van der Waals surface area contributed by atoms with E-state index in [2.05, 4.69) is 15.9 Å². The molecule has 0 spiro atoms. The van der Waals surface area contributed by atoms with Crippen molar-refractivity contribution in [1.29, 1.82) is 0 Å². The van der Waals surface area contributed by atoms with E-state index < -0.39 is 0 Å². The number of rotatable bonds is 2. The molecular formula is C16H18N2O2. The Labute approximate surface area is 117 Å². The van der Waals surface area contributed by atoms with Gasteiger partial charge < -0.3 is 4.42 Å². The highest BCUT2D eigenvalue weighted by molar-refractivity contribution is 6.01. The van der Waals surface area contributed by atoms with E-state index in [1.165, 1.54) is 5.56 Å². The van der Waals surface area contributed by atoms with E-state index in [-0.39, 0.29) is 11.8 Å². The Balaban J connectivity index is 1.66. The highest BCUT2D eigenvalue weighted by Crippen LogP contribution is 2.24. The lowest BCUT2D eigenvalue weighted by molar-refractivity contribution is 0.0146. The lowest BCUT2D eigenvalue weighted by Gasteiger charge is -2.46. The molecule has 4 nitrogen and oxygen atoms in total. The molecule has 3 saturated heterocycles. The van der Waals surface area contributed by atoms with Crippen molar-refractivity contribution in [3.8, 4) is 0 Å². The normalized spacial score (nSPS) is 28.9. The van der Waals surface area contributed by atoms with Gasteiger partial charge >= 0.3 is 0 Å². The summed E-state index contributed by atoms with van der Waals surface area (Å²) in [5.74, 6) is 0.632. The molecule has 1 atom stereocenters. The van der Waals surface area contributed by atoms with Gasteiger partial charge in [-0.05, 0) is 25.1 Å². The number of ketones is 1. The van der Waals surface area contributed by atoms with Crippen molar-refractivity contribution in [2.75, 3.05) is 32.7 Å². The summed E-state index contributed by atoms with van der Waals surface area (Å²) < 4.78 is 5.75. The first kappa shape index (κ1) is 12.1. The summed E-state index contributed by atoms with van der Waals surface area (Å²) >= 11 is 0. The van der Waals surface area contributed by atoms with Crippen LogP contribution in [0.5, 0.6) is 0 Å². The smallest absolute Gasteiger partial charge is 0.216 e. The largest absolute Gasteiger partial charge is 0.453 e. The highest BCUT2D eigenvalue weighted by Gasteiger charge is 2.37. The Morgan fingerprint density at radius 3 is 2.70 bits per heavy atom. The van der Waals surface area contributed by atoms with Crippen LogP contribution in [0.15, 0.2) is 28.7 Å². The van der Waals surface area contributed by atoms with Crippen LogP contribution >= 0.6 is 0 Å². The summed E-state index contributed by atoms with van der Waals surface area (Å²) in [4.78, 5) is 17.3. The maximum atomic E-state index is 12.7. The molecule has 0 aliphatic carbocycles. The molecule has 2 aromatic rings. The van der Waals surface area contributed by atoms with Gasteiger partial charge in [-0.3, -0.25) is 14.6 Å². The second-order valence-corrected chi connectivity index (χ2v) is 5.87. The number of Topliss-reactive ketones (excluding diaryl/α,β-unsaturated/α-hetero) is 1. The fourth-order valence-electron chi connectivity index (χ4n) is 3.31. The van der Waals surface area contributed by atoms with Gasteiger partial charge in [0.05, 0.1) is 6.04 Å². The van der Waals surface area contributed by atoms with Crippen LogP contribution in [0, 0.1) is 6.92 Å². The highest BCUT2D eigenvalue weighted by atomic mass is 16.3. The predicted octanol–water partition coefficient (Wildman–Crippen LogP) is 1.92. The van der Waals surface area contributed by atoms with E-state index in [0.717, 1.165) is 43.7 Å². The number of hydrogen-bond donors (Lipinski definition) is 0. The molecule has 1 aromatic heterocycles. The average Bonchev–Trinajstić information content (AvgIpc) is 2.90. The molecule has 3 aliphatic heterocycles. The number of hydrogen-bond acceptors (Lipinski definition) is 4. The SMILES string of the molecule is Cc1ccc2oc(C(=O)C3CN4CCN3CC4)cc2c1. The van der Waals surface area contributed by atoms with E-state index >= 15 is 0 Å². The topological polar surface area (TPSA) is 36.7 Å². The molecule has 4 heteroatoms. The minimum atomic E-state index is -0.0286. The lowest BCUT2D eigenvalue weighted by Crippen LogP contribution is -2.63. The predicted molar refractivity (Wildman–Crippen MR) is 77.1 cm³/mol. The van der Waals surface area contributed by atoms with Crippen molar-refractivity contribution in [3.63, 3.8) is 0 Å². The molecule has 2 bridgehead atoms. The second kappa shape index (κ2) is 4.43. The van der Waals surface area contributed by atoms with E-state index in [4.69, 9.17) is 4.42 Å². The van der Waals surface area contributed by atoms with Crippen LogP contribution in [0.25, 0.3) is 11.0 Å². The van der Waals surface area contributed by atoms with Gasteiger partial charge in [0.25, 0.3) is 0 Å². The van der Waals surface area contributed by atoms with Gasteiger partial charge in [0.15, 0.2) is 5.76 Å². The third-order valence-corrected chi connectivity index (χ3v) is 4.50. The standard InChI is InChI=1S/C16H18N2O2/c1-11-2-3-14-12(8-11)9-15(20-14)16(19)13-10-17-4-6-18(13)7-5-17/h2-3,8-9,13H,4-7,10H2,1H3. The average molecular weight is 270 g/mol. The summed E-state index contributed by atoms with van der Waals surface area (Å²) in [6.07, 6.45) is 0. The number of furan rings is 1. The summed E-state index contributed by atoms with van der Waals surface area (Å²) in [6.45, 7) is 7.06. The van der Waals surface area contributed by atoms with Crippen molar-refractivity contribution >= 4 is 16.8 Å². The van der Waals surface area contributed by atoms with Crippen molar-refractivity contribution in [2.45, 2.75) is 13.0 Å². The molecule has 0 amide bonds. The Hall–Kier alpha value is -1.65. The van der Waals surface area contributed by atoms with Crippen LogP contribution in [-0.4, -0.2) is 54.3 Å². The first-order valence-electron chi connectivity index (χ1n) is 7.21. The Morgan fingerprint density at radius 1 is 1.20 bits per heavy atom. The Bertz CT molecular complexity index is 668. The molecule has 1 aromatic carbocycles.